The summed E-state index contributed by atoms with van der Waals surface area (Å²) in [5.74, 6) is -0.408. The molecule has 0 bridgehead atoms. The molecule has 64 heavy (non-hydrogen) atoms. The average Bonchev–Trinajstić information content (AvgIpc) is 3.30. The van der Waals surface area contributed by atoms with Crippen molar-refractivity contribution in [3.8, 4) is 0 Å². The molecule has 5 nitrogen and oxygen atoms in total. The van der Waals surface area contributed by atoms with Gasteiger partial charge in [0.15, 0.2) is 6.10 Å². The molecule has 0 N–H and O–H groups in total. The van der Waals surface area contributed by atoms with E-state index in [4.69, 9.17) is 14.2 Å². The number of rotatable bonds is 52. The normalized spacial score (nSPS) is 12.5. The lowest BCUT2D eigenvalue weighted by molar-refractivity contribution is -0.163. The first-order valence-electron chi connectivity index (χ1n) is 28.2. The van der Waals surface area contributed by atoms with Crippen LogP contribution in [0.2, 0.25) is 0 Å². The minimum atomic E-state index is -0.544. The van der Waals surface area contributed by atoms with Crippen LogP contribution in [0.1, 0.15) is 290 Å². The molecule has 0 spiro atoms. The third kappa shape index (κ3) is 52.5. The number of carbonyl (C=O) groups excluding carboxylic acids is 2. The van der Waals surface area contributed by atoms with Gasteiger partial charge in [0, 0.05) is 19.4 Å². The van der Waals surface area contributed by atoms with Crippen LogP contribution in [-0.2, 0) is 23.8 Å². The summed E-state index contributed by atoms with van der Waals surface area (Å²) < 4.78 is 17.5. The van der Waals surface area contributed by atoms with E-state index in [-0.39, 0.29) is 25.2 Å². The van der Waals surface area contributed by atoms with Gasteiger partial charge in [0.1, 0.15) is 6.61 Å². The largest absolute Gasteiger partial charge is 0.462 e. The molecule has 0 aliphatic rings. The van der Waals surface area contributed by atoms with E-state index in [1.165, 1.54) is 193 Å². The Labute approximate surface area is 399 Å². The van der Waals surface area contributed by atoms with Gasteiger partial charge in [-0.3, -0.25) is 9.59 Å². The first-order valence-corrected chi connectivity index (χ1v) is 28.2. The van der Waals surface area contributed by atoms with Crippen molar-refractivity contribution in [1.29, 1.82) is 0 Å². The molecule has 0 fully saturated rings. The van der Waals surface area contributed by atoms with E-state index in [0.717, 1.165) is 64.2 Å². The summed E-state index contributed by atoms with van der Waals surface area (Å²) in [6.07, 6.45) is 68.3. The fourth-order valence-electron chi connectivity index (χ4n) is 8.10. The molecular weight excluding hydrogens is 789 g/mol. The van der Waals surface area contributed by atoms with Crippen LogP contribution in [0.4, 0.5) is 0 Å². The minimum absolute atomic E-state index is 0.0788. The average molecular weight is 898 g/mol. The first-order chi connectivity index (χ1) is 31.6. The molecule has 0 radical (unpaired) electrons. The van der Waals surface area contributed by atoms with Crippen molar-refractivity contribution in [3.63, 3.8) is 0 Å². The predicted molar refractivity (Wildman–Crippen MR) is 279 cm³/mol. The quantitative estimate of drug-likeness (QED) is 0.0346. The Morgan fingerprint density at radius 2 is 0.656 bits per heavy atom. The molecule has 5 heteroatoms. The van der Waals surface area contributed by atoms with Crippen LogP contribution in [0.15, 0.2) is 48.6 Å². The van der Waals surface area contributed by atoms with E-state index in [0.29, 0.717) is 19.4 Å². The van der Waals surface area contributed by atoms with E-state index < -0.39 is 6.10 Å². The van der Waals surface area contributed by atoms with E-state index in [2.05, 4.69) is 69.4 Å². The Kier molecular flexibility index (Phi) is 53.3. The van der Waals surface area contributed by atoms with E-state index in [1.54, 1.807) is 0 Å². The Balaban J connectivity index is 4.27. The Morgan fingerprint density at radius 1 is 0.344 bits per heavy atom. The number of ether oxygens (including phenoxy) is 3. The highest BCUT2D eigenvalue weighted by Gasteiger charge is 2.17. The summed E-state index contributed by atoms with van der Waals surface area (Å²) >= 11 is 0. The molecular formula is C59H108O5. The predicted octanol–water partition coefficient (Wildman–Crippen LogP) is 19.1. The van der Waals surface area contributed by atoms with Gasteiger partial charge in [0.2, 0.25) is 0 Å². The Hall–Kier alpha value is -2.14. The molecule has 374 valence electrons. The molecule has 1 atom stereocenters. The van der Waals surface area contributed by atoms with Crippen molar-refractivity contribution in [1.82, 2.24) is 0 Å². The zero-order chi connectivity index (χ0) is 46.3. The van der Waals surface area contributed by atoms with Gasteiger partial charge in [0.25, 0.3) is 0 Å². The van der Waals surface area contributed by atoms with Crippen LogP contribution in [0.5, 0.6) is 0 Å². The van der Waals surface area contributed by atoms with Gasteiger partial charge in [0.05, 0.1) is 6.61 Å². The third-order valence-corrected chi connectivity index (χ3v) is 12.3. The molecule has 0 rings (SSSR count). The van der Waals surface area contributed by atoms with Crippen LogP contribution in [0.25, 0.3) is 0 Å². The maximum absolute atomic E-state index is 12.8. The van der Waals surface area contributed by atoms with Crippen molar-refractivity contribution in [2.24, 2.45) is 0 Å². The fourth-order valence-corrected chi connectivity index (χ4v) is 8.10. The van der Waals surface area contributed by atoms with Gasteiger partial charge in [-0.25, -0.2) is 0 Å². The maximum atomic E-state index is 12.8. The summed E-state index contributed by atoms with van der Waals surface area (Å²) in [4.78, 5) is 25.5. The van der Waals surface area contributed by atoms with Crippen LogP contribution in [0, 0.1) is 0 Å². The van der Waals surface area contributed by atoms with Gasteiger partial charge < -0.3 is 14.2 Å². The maximum Gasteiger partial charge on any atom is 0.306 e. The molecule has 0 saturated carbocycles. The Bertz CT molecular complexity index is 1060. The second-order valence-corrected chi connectivity index (χ2v) is 18.8. The van der Waals surface area contributed by atoms with Crippen LogP contribution >= 0.6 is 0 Å². The van der Waals surface area contributed by atoms with E-state index in [9.17, 15) is 9.59 Å². The first kappa shape index (κ1) is 61.9. The lowest BCUT2D eigenvalue weighted by atomic mass is 10.0. The highest BCUT2D eigenvalue weighted by molar-refractivity contribution is 5.70. The fraction of sp³-hybridized carbons (Fsp3) is 0.831. The zero-order valence-electron chi connectivity index (χ0n) is 43.1. The highest BCUT2D eigenvalue weighted by Crippen LogP contribution is 2.16. The van der Waals surface area contributed by atoms with Crippen LogP contribution in [0.3, 0.4) is 0 Å². The van der Waals surface area contributed by atoms with Crippen molar-refractivity contribution >= 4 is 11.9 Å². The summed E-state index contributed by atoms with van der Waals surface area (Å²) in [6, 6.07) is 0. The Morgan fingerprint density at radius 3 is 1.06 bits per heavy atom. The monoisotopic (exact) mass is 897 g/mol. The van der Waals surface area contributed by atoms with E-state index >= 15 is 0 Å². The van der Waals surface area contributed by atoms with Gasteiger partial charge in [-0.2, -0.15) is 0 Å². The molecule has 0 aliphatic heterocycles. The number of hydrogen-bond acceptors (Lipinski definition) is 5. The number of esters is 2. The van der Waals surface area contributed by atoms with Gasteiger partial charge in [-0.05, 0) is 83.5 Å². The number of unbranched alkanes of at least 4 members (excludes halogenated alkanes) is 33. The van der Waals surface area contributed by atoms with Crippen LogP contribution in [-0.4, -0.2) is 37.9 Å². The summed E-state index contributed by atoms with van der Waals surface area (Å²) in [5.41, 5.74) is 0. The smallest absolute Gasteiger partial charge is 0.306 e. The lowest BCUT2D eigenvalue weighted by Gasteiger charge is -2.18. The topological polar surface area (TPSA) is 61.8 Å². The summed E-state index contributed by atoms with van der Waals surface area (Å²) in [7, 11) is 0. The molecule has 0 heterocycles. The van der Waals surface area contributed by atoms with Crippen molar-refractivity contribution in [3.05, 3.63) is 48.6 Å². The summed E-state index contributed by atoms with van der Waals surface area (Å²) in [5, 5.41) is 0. The van der Waals surface area contributed by atoms with Crippen molar-refractivity contribution in [2.45, 2.75) is 297 Å². The summed E-state index contributed by atoms with van der Waals surface area (Å²) in [6.45, 7) is 7.80. The second kappa shape index (κ2) is 55.2. The van der Waals surface area contributed by atoms with Gasteiger partial charge >= 0.3 is 11.9 Å². The molecule has 0 aromatic carbocycles. The second-order valence-electron chi connectivity index (χ2n) is 18.8. The van der Waals surface area contributed by atoms with Crippen LogP contribution < -0.4 is 0 Å². The number of carbonyl (C=O) groups is 2. The van der Waals surface area contributed by atoms with E-state index in [1.807, 2.05) is 0 Å². The molecule has 0 aromatic heterocycles. The highest BCUT2D eigenvalue weighted by atomic mass is 16.6. The molecule has 0 amide bonds. The lowest BCUT2D eigenvalue weighted by Crippen LogP contribution is -2.30. The SMILES string of the molecule is CCCCC/C=C\C/C=C\CCCCCCCCCC(=O)OC[C@@H](COCCCCCCCCCCCCCCCCCC)OC(=O)CCCCCCC/C=C\C/C=C\CCCCC. The minimum Gasteiger partial charge on any atom is -0.462 e. The molecule has 0 saturated heterocycles. The van der Waals surface area contributed by atoms with Crippen molar-refractivity contribution < 1.29 is 23.8 Å². The number of hydrogen-bond donors (Lipinski definition) is 0. The number of allylic oxidation sites excluding steroid dienone is 8. The van der Waals surface area contributed by atoms with Crippen molar-refractivity contribution in [2.75, 3.05) is 19.8 Å². The third-order valence-electron chi connectivity index (χ3n) is 12.3. The van der Waals surface area contributed by atoms with Gasteiger partial charge in [-0.15, -0.1) is 0 Å². The standard InChI is InChI=1S/C59H108O5/c1-4-7-10-13-16-19-22-25-28-30-32-34-37-40-43-46-49-52-58(60)63-56-57(55-62-54-51-48-45-42-39-36-33-29-26-23-20-17-14-11-8-5-2)64-59(61)53-50-47-44-41-38-35-31-27-24-21-18-15-12-9-6-3/h16,18-19,21,25,27-28,31,57H,4-15,17,20,22-24,26,29-30,32-56H2,1-3H3/b19-16-,21-18-,28-25-,31-27-/t57-/m1/s1. The zero-order valence-corrected chi connectivity index (χ0v) is 43.1. The molecule has 0 aromatic rings. The molecule has 0 unspecified atom stereocenters. The molecule has 0 aliphatic carbocycles. The van der Waals surface area contributed by atoms with Gasteiger partial charge in [-0.1, -0.05) is 243 Å².